The number of cyclic esters (lactones) is 1. The number of rotatable bonds is 5. The van der Waals surface area contributed by atoms with Crippen molar-refractivity contribution in [2.24, 2.45) is 17.3 Å². The molecule has 4 aliphatic rings. The van der Waals surface area contributed by atoms with Crippen molar-refractivity contribution in [3.05, 3.63) is 29.6 Å². The highest BCUT2D eigenvalue weighted by Gasteiger charge is 2.90. The molecule has 0 unspecified atom stereocenters. The van der Waals surface area contributed by atoms with E-state index in [4.69, 9.17) is 33.2 Å². The van der Waals surface area contributed by atoms with Crippen LogP contribution in [0.1, 0.15) is 77.4 Å². The molecule has 3 fully saturated rings. The zero-order valence-corrected chi connectivity index (χ0v) is 29.4. The van der Waals surface area contributed by atoms with Gasteiger partial charge < -0.3 is 48.5 Å². The first kappa shape index (κ1) is 38.1. The SMILES string of the molecule is CC(=O)OC[C@@]12[C@H](OC(C)=O)[C@H](O)[C@H]3[C@@H](OC(C)=O)[C@]14O[C@@]3(C)COC(=O)c1cccnc1[C@H](C)[C@H](C)C(=O)O[C@H]([C@H](O)[C@H]2OC(C)=O)[C@]4(C)O. The Kier molecular flexibility index (Phi) is 9.77. The van der Waals surface area contributed by atoms with Gasteiger partial charge in [-0.3, -0.25) is 29.0 Å². The second-order valence-corrected chi connectivity index (χ2v) is 14.2. The first-order valence-electron chi connectivity index (χ1n) is 16.4. The predicted octanol–water partition coefficient (Wildman–Crippen LogP) is -0.108. The number of nitrogens with zero attached hydrogens (tertiary/aromatic N) is 1. The van der Waals surface area contributed by atoms with E-state index < -0.39 is 126 Å². The first-order chi connectivity index (χ1) is 23.7. The average molecular weight is 722 g/mol. The van der Waals surface area contributed by atoms with Gasteiger partial charge in [0.1, 0.15) is 60.4 Å². The number of esters is 6. The van der Waals surface area contributed by atoms with Gasteiger partial charge in [0.25, 0.3) is 0 Å². The molecule has 51 heavy (non-hydrogen) atoms. The van der Waals surface area contributed by atoms with Gasteiger partial charge in [-0.1, -0.05) is 13.8 Å². The summed E-state index contributed by atoms with van der Waals surface area (Å²) in [7, 11) is 0. The molecule has 5 rings (SSSR count). The number of carbonyl (C=O) groups excluding carboxylic acids is 6. The van der Waals surface area contributed by atoms with Gasteiger partial charge in [0.2, 0.25) is 0 Å². The van der Waals surface area contributed by atoms with Gasteiger partial charge in [-0.15, -0.1) is 0 Å². The van der Waals surface area contributed by atoms with Crippen LogP contribution in [0.15, 0.2) is 18.3 Å². The Labute approximate surface area is 292 Å². The lowest BCUT2D eigenvalue weighted by molar-refractivity contribution is -0.386. The Balaban J connectivity index is 1.91. The molecule has 0 radical (unpaired) electrons. The molecular formula is C34H43NO16. The predicted molar refractivity (Wildman–Crippen MR) is 166 cm³/mol. The molecule has 0 aromatic carbocycles. The molecule has 17 nitrogen and oxygen atoms in total. The van der Waals surface area contributed by atoms with Crippen LogP contribution in [0.2, 0.25) is 0 Å². The fraction of sp³-hybridized carbons (Fsp3) is 0.676. The summed E-state index contributed by atoms with van der Waals surface area (Å²) in [5.41, 5.74) is -9.70. The Morgan fingerprint density at radius 2 is 1.45 bits per heavy atom. The van der Waals surface area contributed by atoms with E-state index in [0.29, 0.717) is 0 Å². The van der Waals surface area contributed by atoms with Crippen LogP contribution in [-0.4, -0.2) is 123 Å². The molecule has 1 saturated heterocycles. The van der Waals surface area contributed by atoms with E-state index in [1.54, 1.807) is 6.92 Å². The van der Waals surface area contributed by atoms with Gasteiger partial charge in [0.05, 0.1) is 23.1 Å². The molecule has 3 N–H and O–H groups in total. The van der Waals surface area contributed by atoms with E-state index in [9.17, 15) is 44.1 Å². The minimum Gasteiger partial charge on any atom is -0.465 e. The Morgan fingerprint density at radius 1 is 0.882 bits per heavy atom. The smallest absolute Gasteiger partial charge is 0.340 e. The third-order valence-electron chi connectivity index (χ3n) is 10.9. The molecular weight excluding hydrogens is 678 g/mol. The quantitative estimate of drug-likeness (QED) is 0.265. The van der Waals surface area contributed by atoms with Crippen molar-refractivity contribution in [3.8, 4) is 0 Å². The highest BCUT2D eigenvalue weighted by molar-refractivity contribution is 5.91. The van der Waals surface area contributed by atoms with Crippen LogP contribution in [-0.2, 0) is 57.1 Å². The second-order valence-electron chi connectivity index (χ2n) is 14.2. The minimum absolute atomic E-state index is 0.00864. The van der Waals surface area contributed by atoms with Crippen LogP contribution in [0.3, 0.4) is 0 Å². The van der Waals surface area contributed by atoms with Crippen LogP contribution >= 0.6 is 0 Å². The molecule has 2 saturated carbocycles. The Bertz CT molecular complexity index is 1630. The monoisotopic (exact) mass is 721 g/mol. The summed E-state index contributed by atoms with van der Waals surface area (Å²) in [6.07, 6.45) is -10.7. The summed E-state index contributed by atoms with van der Waals surface area (Å²) >= 11 is 0. The van der Waals surface area contributed by atoms with Gasteiger partial charge in [0.15, 0.2) is 11.7 Å². The lowest BCUT2D eigenvalue weighted by atomic mass is 9.45. The van der Waals surface area contributed by atoms with Crippen molar-refractivity contribution >= 4 is 35.8 Å². The average Bonchev–Trinajstić information content (AvgIpc) is 3.27. The number of aliphatic hydroxyl groups is 3. The van der Waals surface area contributed by atoms with Crippen LogP contribution in [0.4, 0.5) is 0 Å². The molecule has 2 aliphatic heterocycles. The van der Waals surface area contributed by atoms with Gasteiger partial charge in [-0.2, -0.15) is 0 Å². The number of hydrogen-bond donors (Lipinski definition) is 3. The molecule has 2 aliphatic carbocycles. The third kappa shape index (κ3) is 5.64. The zero-order chi connectivity index (χ0) is 38.0. The van der Waals surface area contributed by atoms with Gasteiger partial charge in [0, 0.05) is 39.8 Å². The maximum atomic E-state index is 14.0. The topological polar surface area (TPSA) is 241 Å². The van der Waals surface area contributed by atoms with Crippen molar-refractivity contribution in [2.45, 2.75) is 115 Å². The normalized spacial score (nSPS) is 41.6. The van der Waals surface area contributed by atoms with Crippen LogP contribution in [0.5, 0.6) is 0 Å². The number of aromatic nitrogens is 1. The van der Waals surface area contributed by atoms with Gasteiger partial charge >= 0.3 is 35.8 Å². The maximum Gasteiger partial charge on any atom is 0.340 e. The van der Waals surface area contributed by atoms with Crippen LogP contribution in [0.25, 0.3) is 0 Å². The molecule has 280 valence electrons. The third-order valence-corrected chi connectivity index (χ3v) is 10.9. The maximum absolute atomic E-state index is 14.0. The van der Waals surface area contributed by atoms with E-state index in [0.717, 1.165) is 34.6 Å². The largest absolute Gasteiger partial charge is 0.465 e. The summed E-state index contributed by atoms with van der Waals surface area (Å²) in [6.45, 7) is 7.86. The van der Waals surface area contributed by atoms with E-state index in [-0.39, 0.29) is 11.3 Å². The number of hydrogen-bond acceptors (Lipinski definition) is 17. The highest BCUT2D eigenvalue weighted by atomic mass is 16.7. The molecule has 1 aromatic rings. The fourth-order valence-corrected chi connectivity index (χ4v) is 8.67. The number of aliphatic hydroxyl groups excluding tert-OH is 2. The van der Waals surface area contributed by atoms with E-state index in [1.165, 1.54) is 32.2 Å². The highest BCUT2D eigenvalue weighted by Crippen LogP contribution is 2.69. The Hall–Kier alpha value is -4.19. The lowest BCUT2D eigenvalue weighted by Gasteiger charge is -2.67. The van der Waals surface area contributed by atoms with Crippen molar-refractivity contribution in [1.29, 1.82) is 0 Å². The summed E-state index contributed by atoms with van der Waals surface area (Å²) < 4.78 is 41.3. The first-order valence-corrected chi connectivity index (χ1v) is 16.4. The molecule has 3 heterocycles. The zero-order valence-electron chi connectivity index (χ0n) is 29.4. The van der Waals surface area contributed by atoms with Gasteiger partial charge in [-0.05, 0) is 26.0 Å². The number of fused-ring (bicyclic) bond motifs is 5. The standard InChI is InChI=1S/C34H43NO16/c1-14-15(2)29(42)50-26-24(41)28(49-19(6)39)33(13-45-16(3)36)27(48-18(5)38)23(40)21-25(47-17(4)37)34(33,32(26,8)44)51-31(21,7)12-46-30(43)20-10-9-11-35-22(14)20/h9-11,14-15,21,23-28,40-41,44H,12-13H2,1-8H3/t14-,15+,21+,23-,24+,25-,26-,27-,28-,31+,32+,33+,34-/m1/s1. The van der Waals surface area contributed by atoms with E-state index in [2.05, 4.69) is 4.98 Å². The molecule has 13 atom stereocenters. The second kappa shape index (κ2) is 13.1. The number of ether oxygens (including phenoxy) is 7. The molecule has 0 amide bonds. The molecule has 17 heteroatoms. The summed E-state index contributed by atoms with van der Waals surface area (Å²) in [4.78, 5) is 83.0. The van der Waals surface area contributed by atoms with E-state index >= 15 is 0 Å². The summed E-state index contributed by atoms with van der Waals surface area (Å²) in [5.74, 6) is -9.27. The summed E-state index contributed by atoms with van der Waals surface area (Å²) in [5, 5.41) is 37.4. The van der Waals surface area contributed by atoms with Crippen LogP contribution in [0, 0.1) is 17.3 Å². The lowest BCUT2D eigenvalue weighted by Crippen LogP contribution is -2.89. The molecule has 4 bridgehead atoms. The molecule has 1 aromatic heterocycles. The minimum atomic E-state index is -2.74. The Morgan fingerprint density at radius 3 is 2.02 bits per heavy atom. The number of carbonyl (C=O) groups is 6. The van der Waals surface area contributed by atoms with Gasteiger partial charge in [-0.25, -0.2) is 4.79 Å². The van der Waals surface area contributed by atoms with Crippen molar-refractivity contribution < 1.29 is 77.2 Å². The fourth-order valence-electron chi connectivity index (χ4n) is 8.67. The van der Waals surface area contributed by atoms with Crippen molar-refractivity contribution in [2.75, 3.05) is 13.2 Å². The van der Waals surface area contributed by atoms with Crippen LogP contribution < -0.4 is 0 Å². The van der Waals surface area contributed by atoms with Crippen molar-refractivity contribution in [1.82, 2.24) is 4.98 Å². The summed E-state index contributed by atoms with van der Waals surface area (Å²) in [6, 6.07) is 2.92. The van der Waals surface area contributed by atoms with E-state index in [1.807, 2.05) is 0 Å². The van der Waals surface area contributed by atoms with Crippen molar-refractivity contribution in [3.63, 3.8) is 0 Å². The molecule has 1 spiro atoms. The number of pyridine rings is 1.